The van der Waals surface area contributed by atoms with Gasteiger partial charge in [-0.25, -0.2) is 4.98 Å². The van der Waals surface area contributed by atoms with Crippen LogP contribution in [0.5, 0.6) is 0 Å². The first-order valence-corrected chi connectivity index (χ1v) is 10.3. The van der Waals surface area contributed by atoms with Gasteiger partial charge in [0.05, 0.1) is 22.4 Å². The summed E-state index contributed by atoms with van der Waals surface area (Å²) in [6.07, 6.45) is 0.0775. The van der Waals surface area contributed by atoms with Gasteiger partial charge in [-0.3, -0.25) is 9.59 Å². The third kappa shape index (κ3) is 5.29. The van der Waals surface area contributed by atoms with Crippen LogP contribution in [-0.2, 0) is 16.0 Å². The fourth-order valence-corrected chi connectivity index (χ4v) is 4.74. The lowest BCUT2D eigenvalue weighted by molar-refractivity contribution is -0.140. The number of nitrogens with one attached hydrogen (secondary N) is 1. The molecule has 0 spiro atoms. The van der Waals surface area contributed by atoms with E-state index in [4.69, 9.17) is 28.3 Å². The molecule has 27 heavy (non-hydrogen) atoms. The lowest BCUT2D eigenvalue weighted by Crippen LogP contribution is -2.27. The average molecular weight is 441 g/mol. The summed E-state index contributed by atoms with van der Waals surface area (Å²) in [5, 5.41) is 14.0. The monoisotopic (exact) mass is 440 g/mol. The topological polar surface area (TPSA) is 79.3 Å². The molecule has 9 heteroatoms. The molecular weight excluding hydrogens is 427 g/mol. The van der Waals surface area contributed by atoms with Gasteiger partial charge in [-0.15, -0.1) is 22.7 Å². The summed E-state index contributed by atoms with van der Waals surface area (Å²) in [6, 6.07) is 11.0. The smallest absolute Gasteiger partial charge is 0.304 e. The van der Waals surface area contributed by atoms with Crippen LogP contribution >= 0.6 is 45.9 Å². The molecule has 140 valence electrons. The van der Waals surface area contributed by atoms with Gasteiger partial charge in [0.25, 0.3) is 0 Å². The van der Waals surface area contributed by atoms with Crippen LogP contribution in [0.25, 0.3) is 11.3 Å². The number of rotatable bonds is 7. The van der Waals surface area contributed by atoms with Crippen LogP contribution in [0.4, 0.5) is 5.13 Å². The Hall–Kier alpha value is -1.93. The number of carbonyl (C=O) groups is 2. The molecule has 5 nitrogen and oxygen atoms in total. The molecular formula is C18H14Cl2N2O3S2. The Bertz CT molecular complexity index is 957. The largest absolute Gasteiger partial charge is 0.481 e. The van der Waals surface area contributed by atoms with Crippen LogP contribution < -0.4 is 5.32 Å². The molecule has 0 fully saturated rings. The number of halogens is 2. The first-order valence-electron chi connectivity index (χ1n) is 7.89. The number of carboxylic acids is 1. The van der Waals surface area contributed by atoms with Crippen molar-refractivity contribution >= 4 is 62.9 Å². The number of aliphatic carboxylic acids is 1. The number of hydrogen-bond acceptors (Lipinski definition) is 5. The molecule has 2 aromatic heterocycles. The molecule has 0 aliphatic carbocycles. The molecule has 2 N–H and O–H groups in total. The highest BCUT2D eigenvalue weighted by molar-refractivity contribution is 7.20. The second-order valence-corrected chi connectivity index (χ2v) is 8.89. The van der Waals surface area contributed by atoms with Gasteiger partial charge in [-0.05, 0) is 18.1 Å². The summed E-state index contributed by atoms with van der Waals surface area (Å²) in [6.45, 7) is 0. The Kier molecular flexibility index (Phi) is 6.49. The summed E-state index contributed by atoms with van der Waals surface area (Å²) >= 11 is 14.6. The first kappa shape index (κ1) is 19.8. The second kappa shape index (κ2) is 8.84. The van der Waals surface area contributed by atoms with Crippen molar-refractivity contribution in [3.05, 3.63) is 56.0 Å². The van der Waals surface area contributed by atoms with Crippen LogP contribution in [0.2, 0.25) is 8.67 Å². The minimum atomic E-state index is -1.02. The zero-order valence-electron chi connectivity index (χ0n) is 13.8. The number of thiophene rings is 1. The standard InChI is InChI=1S/C18H14Cl2N2O3S2/c19-14-8-12(16(20)27-14)13-9-26-18(21-13)22-17(25)11(7-15(23)24)6-10-4-2-1-3-5-10/h1-5,8-9,11H,6-7H2,(H,23,24)(H,21,22,25). The summed E-state index contributed by atoms with van der Waals surface area (Å²) in [7, 11) is 0. The molecule has 2 heterocycles. The van der Waals surface area contributed by atoms with Gasteiger partial charge in [0.2, 0.25) is 5.91 Å². The Labute approximate surface area is 173 Å². The fraction of sp³-hybridized carbons (Fsp3) is 0.167. The summed E-state index contributed by atoms with van der Waals surface area (Å²) in [5.74, 6) is -2.10. The molecule has 1 atom stereocenters. The number of carboxylic acid groups (broad SMARTS) is 1. The zero-order valence-corrected chi connectivity index (χ0v) is 17.0. The summed E-state index contributed by atoms with van der Waals surface area (Å²) in [4.78, 5) is 28.1. The van der Waals surface area contributed by atoms with Gasteiger partial charge >= 0.3 is 5.97 Å². The molecule has 1 aromatic carbocycles. The van der Waals surface area contributed by atoms with Crippen molar-refractivity contribution in [1.29, 1.82) is 0 Å². The van der Waals surface area contributed by atoms with Crippen molar-refractivity contribution < 1.29 is 14.7 Å². The van der Waals surface area contributed by atoms with Crippen molar-refractivity contribution in [2.24, 2.45) is 5.92 Å². The Morgan fingerprint density at radius 2 is 1.96 bits per heavy atom. The number of anilines is 1. The maximum absolute atomic E-state index is 12.6. The molecule has 0 radical (unpaired) electrons. The van der Waals surface area contributed by atoms with Gasteiger partial charge < -0.3 is 10.4 Å². The van der Waals surface area contributed by atoms with Crippen molar-refractivity contribution in [3.63, 3.8) is 0 Å². The Morgan fingerprint density at radius 1 is 1.22 bits per heavy atom. The van der Waals surface area contributed by atoms with E-state index in [-0.39, 0.29) is 12.3 Å². The summed E-state index contributed by atoms with van der Waals surface area (Å²) < 4.78 is 1.08. The predicted octanol–water partition coefficient (Wildman–Crippen LogP) is 5.45. The number of thiazole rings is 1. The molecule has 0 saturated carbocycles. The van der Waals surface area contributed by atoms with Crippen LogP contribution in [0, 0.1) is 5.92 Å². The van der Waals surface area contributed by atoms with E-state index in [1.807, 2.05) is 30.3 Å². The highest BCUT2D eigenvalue weighted by atomic mass is 35.5. The van der Waals surface area contributed by atoms with E-state index in [0.29, 0.717) is 31.5 Å². The zero-order chi connectivity index (χ0) is 19.4. The fourth-order valence-electron chi connectivity index (χ4n) is 2.54. The SMILES string of the molecule is O=C(O)CC(Cc1ccccc1)C(=O)Nc1nc(-c2cc(Cl)sc2Cl)cs1. The van der Waals surface area contributed by atoms with Crippen molar-refractivity contribution in [1.82, 2.24) is 4.98 Å². The molecule has 3 aromatic rings. The first-order chi connectivity index (χ1) is 12.9. The summed E-state index contributed by atoms with van der Waals surface area (Å²) in [5.41, 5.74) is 2.22. The number of aromatic nitrogens is 1. The number of carbonyl (C=O) groups excluding carboxylic acids is 1. The Balaban J connectivity index is 1.73. The van der Waals surface area contributed by atoms with Gasteiger partial charge in [0.15, 0.2) is 5.13 Å². The van der Waals surface area contributed by atoms with E-state index < -0.39 is 11.9 Å². The highest BCUT2D eigenvalue weighted by Gasteiger charge is 2.23. The van der Waals surface area contributed by atoms with Crippen LogP contribution in [0.15, 0.2) is 41.8 Å². The van der Waals surface area contributed by atoms with Gasteiger partial charge in [0.1, 0.15) is 4.34 Å². The van der Waals surface area contributed by atoms with Crippen LogP contribution in [-0.4, -0.2) is 22.0 Å². The van der Waals surface area contributed by atoms with Gasteiger partial charge in [-0.1, -0.05) is 53.5 Å². The van der Waals surface area contributed by atoms with Gasteiger partial charge in [0, 0.05) is 10.9 Å². The molecule has 0 aliphatic heterocycles. The lowest BCUT2D eigenvalue weighted by atomic mass is 9.95. The van der Waals surface area contributed by atoms with E-state index in [2.05, 4.69) is 10.3 Å². The maximum atomic E-state index is 12.6. The van der Waals surface area contributed by atoms with Crippen LogP contribution in [0.3, 0.4) is 0 Å². The molecule has 0 aliphatic rings. The number of nitrogens with zero attached hydrogens (tertiary/aromatic N) is 1. The average Bonchev–Trinajstić information content (AvgIpc) is 3.20. The quantitative estimate of drug-likeness (QED) is 0.511. The van der Waals surface area contributed by atoms with Crippen LogP contribution in [0.1, 0.15) is 12.0 Å². The van der Waals surface area contributed by atoms with Gasteiger partial charge in [-0.2, -0.15) is 0 Å². The lowest BCUT2D eigenvalue weighted by Gasteiger charge is -2.14. The normalized spacial score (nSPS) is 11.9. The number of hydrogen-bond donors (Lipinski definition) is 2. The molecule has 0 saturated heterocycles. The minimum absolute atomic E-state index is 0.259. The minimum Gasteiger partial charge on any atom is -0.481 e. The predicted molar refractivity (Wildman–Crippen MR) is 110 cm³/mol. The second-order valence-electron chi connectivity index (χ2n) is 5.75. The molecule has 0 bridgehead atoms. The van der Waals surface area contributed by atoms with E-state index >= 15 is 0 Å². The van der Waals surface area contributed by atoms with E-state index in [1.54, 1.807) is 11.4 Å². The third-order valence-electron chi connectivity index (χ3n) is 3.78. The molecule has 3 rings (SSSR count). The number of amides is 1. The maximum Gasteiger partial charge on any atom is 0.304 e. The van der Waals surface area contributed by atoms with Crippen molar-refractivity contribution in [2.45, 2.75) is 12.8 Å². The highest BCUT2D eigenvalue weighted by Crippen LogP contribution is 2.39. The van der Waals surface area contributed by atoms with E-state index in [1.165, 1.54) is 22.7 Å². The molecule has 1 amide bonds. The van der Waals surface area contributed by atoms with E-state index in [9.17, 15) is 9.59 Å². The Morgan fingerprint density at radius 3 is 2.59 bits per heavy atom. The van der Waals surface area contributed by atoms with Crippen molar-refractivity contribution in [2.75, 3.05) is 5.32 Å². The number of benzene rings is 1. The third-order valence-corrected chi connectivity index (χ3v) is 6.03. The van der Waals surface area contributed by atoms with E-state index in [0.717, 1.165) is 5.56 Å². The molecule has 1 unspecified atom stereocenters. The van der Waals surface area contributed by atoms with Crippen molar-refractivity contribution in [3.8, 4) is 11.3 Å².